The quantitative estimate of drug-likeness (QED) is 0.810. The normalized spacial score (nSPS) is 12.6. The molecule has 23 heavy (non-hydrogen) atoms. The predicted molar refractivity (Wildman–Crippen MR) is 95.9 cm³/mol. The number of nitrogens with two attached hydrogens (primary N) is 1. The third-order valence-electron chi connectivity index (χ3n) is 3.53. The monoisotopic (exact) mass is 321 g/mol. The first-order valence-electron chi connectivity index (χ1n) is 8.27. The second-order valence-corrected chi connectivity index (χ2v) is 6.73. The molecule has 0 saturated carbocycles. The smallest absolute Gasteiger partial charge is 0.407 e. The summed E-state index contributed by atoms with van der Waals surface area (Å²) >= 11 is 0. The number of benzene rings is 1. The fraction of sp³-hybridized carbons (Fsp3) is 0.611. The van der Waals surface area contributed by atoms with Gasteiger partial charge in [-0.1, -0.05) is 12.1 Å². The van der Waals surface area contributed by atoms with Crippen molar-refractivity contribution in [1.82, 2.24) is 5.32 Å². The standard InChI is InChI=1S/C18H31N3O2/c1-6-21(15-9-7-8-14(2)12-15)16(13-19)10-11-20-17(22)23-18(3,4)5/h7-9,12,16H,6,10-11,13,19H2,1-5H3,(H,20,22). The molecule has 0 saturated heterocycles. The van der Waals surface area contributed by atoms with E-state index >= 15 is 0 Å². The summed E-state index contributed by atoms with van der Waals surface area (Å²) in [6.07, 6.45) is 0.393. The van der Waals surface area contributed by atoms with Crippen LogP contribution >= 0.6 is 0 Å². The zero-order valence-electron chi connectivity index (χ0n) is 15.1. The third-order valence-corrected chi connectivity index (χ3v) is 3.53. The summed E-state index contributed by atoms with van der Waals surface area (Å²) in [6, 6.07) is 8.57. The molecule has 0 aliphatic rings. The van der Waals surface area contributed by atoms with Crippen molar-refractivity contribution in [2.75, 3.05) is 24.5 Å². The van der Waals surface area contributed by atoms with Crippen LogP contribution in [0.3, 0.4) is 0 Å². The summed E-state index contributed by atoms with van der Waals surface area (Å²) < 4.78 is 5.25. The molecule has 0 aromatic heterocycles. The molecular formula is C18H31N3O2. The molecule has 0 aliphatic carbocycles. The van der Waals surface area contributed by atoms with Crippen molar-refractivity contribution in [2.45, 2.75) is 52.7 Å². The Kier molecular flexibility index (Phi) is 7.36. The Morgan fingerprint density at radius 2 is 2.09 bits per heavy atom. The van der Waals surface area contributed by atoms with Crippen molar-refractivity contribution >= 4 is 11.8 Å². The van der Waals surface area contributed by atoms with Crippen molar-refractivity contribution in [3.8, 4) is 0 Å². The first-order valence-corrected chi connectivity index (χ1v) is 8.27. The number of alkyl carbamates (subject to hydrolysis) is 1. The van der Waals surface area contributed by atoms with Gasteiger partial charge in [0.2, 0.25) is 0 Å². The zero-order chi connectivity index (χ0) is 17.5. The van der Waals surface area contributed by atoms with E-state index < -0.39 is 5.60 Å². The van der Waals surface area contributed by atoms with E-state index in [0.29, 0.717) is 13.1 Å². The zero-order valence-corrected chi connectivity index (χ0v) is 15.1. The highest BCUT2D eigenvalue weighted by atomic mass is 16.6. The number of likely N-dealkylation sites (N-methyl/N-ethyl adjacent to an activating group) is 1. The summed E-state index contributed by atoms with van der Waals surface area (Å²) in [5.41, 5.74) is 7.87. The SMILES string of the molecule is CCN(c1cccc(C)c1)C(CN)CCNC(=O)OC(C)(C)C. The molecular weight excluding hydrogens is 290 g/mol. The van der Waals surface area contributed by atoms with Crippen LogP contribution in [-0.4, -0.2) is 37.4 Å². The number of carbonyl (C=O) groups is 1. The van der Waals surface area contributed by atoms with Gasteiger partial charge in [-0.2, -0.15) is 0 Å². The van der Waals surface area contributed by atoms with E-state index in [0.717, 1.165) is 13.0 Å². The van der Waals surface area contributed by atoms with E-state index in [-0.39, 0.29) is 12.1 Å². The first-order chi connectivity index (χ1) is 10.8. The molecule has 1 amide bonds. The van der Waals surface area contributed by atoms with Crippen LogP contribution in [0.5, 0.6) is 0 Å². The second kappa shape index (κ2) is 8.77. The van der Waals surface area contributed by atoms with Gasteiger partial charge in [-0.05, 0) is 58.7 Å². The average Bonchev–Trinajstić information content (AvgIpc) is 2.44. The fourth-order valence-electron chi connectivity index (χ4n) is 2.51. The second-order valence-electron chi connectivity index (χ2n) is 6.73. The maximum atomic E-state index is 11.7. The molecule has 5 nitrogen and oxygen atoms in total. The van der Waals surface area contributed by atoms with E-state index in [1.165, 1.54) is 11.3 Å². The molecule has 130 valence electrons. The number of anilines is 1. The summed E-state index contributed by atoms with van der Waals surface area (Å²) in [5, 5.41) is 2.80. The van der Waals surface area contributed by atoms with E-state index in [1.807, 2.05) is 20.8 Å². The largest absolute Gasteiger partial charge is 0.444 e. The minimum absolute atomic E-state index is 0.178. The molecule has 1 aromatic rings. The Morgan fingerprint density at radius 1 is 1.39 bits per heavy atom. The molecule has 1 aromatic carbocycles. The molecule has 5 heteroatoms. The molecule has 0 aliphatic heterocycles. The van der Waals surface area contributed by atoms with Gasteiger partial charge in [0.05, 0.1) is 0 Å². The average molecular weight is 321 g/mol. The fourth-order valence-corrected chi connectivity index (χ4v) is 2.51. The number of amides is 1. The first kappa shape index (κ1) is 19.3. The number of hydrogen-bond donors (Lipinski definition) is 2. The molecule has 0 spiro atoms. The minimum Gasteiger partial charge on any atom is -0.444 e. The maximum absolute atomic E-state index is 11.7. The highest BCUT2D eigenvalue weighted by Crippen LogP contribution is 2.19. The molecule has 1 unspecified atom stereocenters. The van der Waals surface area contributed by atoms with Gasteiger partial charge in [0, 0.05) is 31.4 Å². The van der Waals surface area contributed by atoms with E-state index in [9.17, 15) is 4.79 Å². The molecule has 0 fully saturated rings. The summed E-state index contributed by atoms with van der Waals surface area (Å²) in [7, 11) is 0. The van der Waals surface area contributed by atoms with Crippen LogP contribution in [0.4, 0.5) is 10.5 Å². The Hall–Kier alpha value is -1.75. The van der Waals surface area contributed by atoms with Crippen LogP contribution in [0.15, 0.2) is 24.3 Å². The maximum Gasteiger partial charge on any atom is 0.407 e. The van der Waals surface area contributed by atoms with Crippen LogP contribution in [0.2, 0.25) is 0 Å². The van der Waals surface area contributed by atoms with E-state index in [4.69, 9.17) is 10.5 Å². The van der Waals surface area contributed by atoms with Gasteiger partial charge in [0.15, 0.2) is 0 Å². The predicted octanol–water partition coefficient (Wildman–Crippen LogP) is 3.06. The van der Waals surface area contributed by atoms with Gasteiger partial charge in [-0.25, -0.2) is 4.79 Å². The summed E-state index contributed by atoms with van der Waals surface area (Å²) in [6.45, 7) is 11.7. The highest BCUT2D eigenvalue weighted by Gasteiger charge is 2.18. The van der Waals surface area contributed by atoms with Gasteiger partial charge in [-0.3, -0.25) is 0 Å². The van der Waals surface area contributed by atoms with Crippen LogP contribution in [0, 0.1) is 6.92 Å². The molecule has 0 bridgehead atoms. The lowest BCUT2D eigenvalue weighted by Gasteiger charge is -2.32. The summed E-state index contributed by atoms with van der Waals surface area (Å²) in [4.78, 5) is 14.0. The van der Waals surface area contributed by atoms with Gasteiger partial charge >= 0.3 is 6.09 Å². The molecule has 0 radical (unpaired) electrons. The number of nitrogens with one attached hydrogen (secondary N) is 1. The van der Waals surface area contributed by atoms with Crippen molar-refractivity contribution in [3.05, 3.63) is 29.8 Å². The van der Waals surface area contributed by atoms with E-state index in [1.54, 1.807) is 0 Å². The van der Waals surface area contributed by atoms with Crippen LogP contribution in [0.1, 0.15) is 39.7 Å². The lowest BCUT2D eigenvalue weighted by atomic mass is 10.1. The van der Waals surface area contributed by atoms with Gasteiger partial charge in [-0.15, -0.1) is 0 Å². The molecule has 1 rings (SSSR count). The van der Waals surface area contributed by atoms with Gasteiger partial charge < -0.3 is 20.7 Å². The van der Waals surface area contributed by atoms with Crippen LogP contribution in [-0.2, 0) is 4.74 Å². The van der Waals surface area contributed by atoms with E-state index in [2.05, 4.69) is 48.3 Å². The van der Waals surface area contributed by atoms with Crippen molar-refractivity contribution in [3.63, 3.8) is 0 Å². The Labute approximate surface area is 140 Å². The van der Waals surface area contributed by atoms with Crippen molar-refractivity contribution in [1.29, 1.82) is 0 Å². The Bertz CT molecular complexity index is 497. The topological polar surface area (TPSA) is 67.6 Å². The van der Waals surface area contributed by atoms with Crippen molar-refractivity contribution < 1.29 is 9.53 Å². The number of ether oxygens (including phenoxy) is 1. The minimum atomic E-state index is -0.478. The number of aryl methyl sites for hydroxylation is 1. The Morgan fingerprint density at radius 3 is 2.61 bits per heavy atom. The third kappa shape index (κ3) is 6.91. The number of nitrogens with zero attached hydrogens (tertiary/aromatic N) is 1. The van der Waals surface area contributed by atoms with Crippen LogP contribution in [0.25, 0.3) is 0 Å². The van der Waals surface area contributed by atoms with Gasteiger partial charge in [0.25, 0.3) is 0 Å². The lowest BCUT2D eigenvalue weighted by molar-refractivity contribution is 0.0526. The highest BCUT2D eigenvalue weighted by molar-refractivity contribution is 5.67. The Balaban J connectivity index is 2.59. The number of hydrogen-bond acceptors (Lipinski definition) is 4. The molecule has 1 atom stereocenters. The summed E-state index contributed by atoms with van der Waals surface area (Å²) in [5.74, 6) is 0. The molecule has 0 heterocycles. The lowest BCUT2D eigenvalue weighted by Crippen LogP contribution is -2.43. The van der Waals surface area contributed by atoms with Crippen molar-refractivity contribution in [2.24, 2.45) is 5.73 Å². The molecule has 3 N–H and O–H groups in total. The van der Waals surface area contributed by atoms with Crippen LogP contribution < -0.4 is 16.0 Å². The number of carbonyl (C=O) groups excluding carboxylic acids is 1. The number of rotatable bonds is 7. The van der Waals surface area contributed by atoms with Gasteiger partial charge in [0.1, 0.15) is 5.60 Å².